The number of hydrogen-bond donors (Lipinski definition) is 0. The zero-order valence-electron chi connectivity index (χ0n) is 19.4. The van der Waals surface area contributed by atoms with E-state index in [1.165, 1.54) is 24.3 Å². The standard InChI is InChI=1S/C26H27F4N3O2/c1-32(17-18-3-2-4-20(15-18)26(28,29)30)22-11-13-33(14-12-22)25(34)10-9-24-31-16-23(35-24)19-5-7-21(27)8-6-19/h2-8,15-16,22H,9-14,17H2,1H3. The molecule has 1 fully saturated rings. The predicted octanol–water partition coefficient (Wildman–Crippen LogP) is 5.56. The smallest absolute Gasteiger partial charge is 0.416 e. The summed E-state index contributed by atoms with van der Waals surface area (Å²) in [5.74, 6) is 0.667. The Labute approximate surface area is 201 Å². The van der Waals surface area contributed by atoms with E-state index >= 15 is 0 Å². The minimum absolute atomic E-state index is 0.0190. The number of aryl methyl sites for hydroxylation is 1. The van der Waals surface area contributed by atoms with E-state index in [1.54, 1.807) is 24.4 Å². The zero-order valence-corrected chi connectivity index (χ0v) is 19.4. The maximum absolute atomic E-state index is 13.1. The number of piperidine rings is 1. The van der Waals surface area contributed by atoms with Crippen molar-refractivity contribution in [1.29, 1.82) is 0 Å². The van der Waals surface area contributed by atoms with Gasteiger partial charge in [-0.25, -0.2) is 9.37 Å². The Hall–Kier alpha value is -3.20. The topological polar surface area (TPSA) is 49.6 Å². The van der Waals surface area contributed by atoms with Crippen LogP contribution in [0, 0.1) is 5.82 Å². The van der Waals surface area contributed by atoms with Crippen LogP contribution in [-0.2, 0) is 23.9 Å². The Morgan fingerprint density at radius 1 is 1.14 bits per heavy atom. The summed E-state index contributed by atoms with van der Waals surface area (Å²) in [7, 11) is 1.91. The lowest BCUT2D eigenvalue weighted by Gasteiger charge is -2.37. The molecule has 9 heteroatoms. The third kappa shape index (κ3) is 6.48. The molecule has 5 nitrogen and oxygen atoms in total. The van der Waals surface area contributed by atoms with Gasteiger partial charge in [0.05, 0.1) is 11.8 Å². The highest BCUT2D eigenvalue weighted by molar-refractivity contribution is 5.76. The van der Waals surface area contributed by atoms with Crippen molar-refractivity contribution in [1.82, 2.24) is 14.8 Å². The zero-order chi connectivity index (χ0) is 25.0. The summed E-state index contributed by atoms with van der Waals surface area (Å²) in [6.07, 6.45) is -0.625. The third-order valence-electron chi connectivity index (χ3n) is 6.36. The number of likely N-dealkylation sites (tertiary alicyclic amines) is 1. The second kappa shape index (κ2) is 10.6. The number of nitrogens with zero attached hydrogens (tertiary/aromatic N) is 3. The summed E-state index contributed by atoms with van der Waals surface area (Å²) in [5.41, 5.74) is 0.694. The fourth-order valence-corrected chi connectivity index (χ4v) is 4.36. The Morgan fingerprint density at radius 2 is 1.86 bits per heavy atom. The summed E-state index contributed by atoms with van der Waals surface area (Å²) in [4.78, 5) is 20.8. The molecule has 2 heterocycles. The number of rotatable bonds is 7. The van der Waals surface area contributed by atoms with Crippen molar-refractivity contribution < 1.29 is 26.8 Å². The van der Waals surface area contributed by atoms with E-state index in [0.717, 1.165) is 18.9 Å². The number of benzene rings is 2. The summed E-state index contributed by atoms with van der Waals surface area (Å²) >= 11 is 0. The molecule has 3 aromatic rings. The third-order valence-corrected chi connectivity index (χ3v) is 6.36. The molecule has 1 aliphatic heterocycles. The van der Waals surface area contributed by atoms with Crippen molar-refractivity contribution in [2.24, 2.45) is 0 Å². The van der Waals surface area contributed by atoms with E-state index in [0.29, 0.717) is 48.8 Å². The molecule has 1 aromatic heterocycles. The number of halogens is 4. The first-order valence-electron chi connectivity index (χ1n) is 11.5. The first kappa shape index (κ1) is 24.9. The summed E-state index contributed by atoms with van der Waals surface area (Å²) in [6.45, 7) is 1.62. The van der Waals surface area contributed by atoms with Gasteiger partial charge in [0.25, 0.3) is 0 Å². The fourth-order valence-electron chi connectivity index (χ4n) is 4.36. The number of amides is 1. The lowest BCUT2D eigenvalue weighted by atomic mass is 10.0. The van der Waals surface area contributed by atoms with Gasteiger partial charge in [0.15, 0.2) is 11.7 Å². The minimum Gasteiger partial charge on any atom is -0.441 e. The number of aromatic nitrogens is 1. The van der Waals surface area contributed by atoms with Gasteiger partial charge in [-0.2, -0.15) is 13.2 Å². The van der Waals surface area contributed by atoms with Gasteiger partial charge in [0.1, 0.15) is 5.82 Å². The first-order chi connectivity index (χ1) is 16.7. The Kier molecular flexibility index (Phi) is 7.54. The second-order valence-electron chi connectivity index (χ2n) is 8.85. The molecule has 1 saturated heterocycles. The molecule has 0 radical (unpaired) electrons. The maximum Gasteiger partial charge on any atom is 0.416 e. The van der Waals surface area contributed by atoms with Gasteiger partial charge in [0.2, 0.25) is 5.91 Å². The van der Waals surface area contributed by atoms with Gasteiger partial charge in [-0.3, -0.25) is 9.69 Å². The van der Waals surface area contributed by atoms with Crippen LogP contribution in [0.3, 0.4) is 0 Å². The van der Waals surface area contributed by atoms with Crippen LogP contribution < -0.4 is 0 Å². The minimum atomic E-state index is -4.35. The van der Waals surface area contributed by atoms with Crippen molar-refractivity contribution >= 4 is 5.91 Å². The molecular formula is C26H27F4N3O2. The molecule has 0 N–H and O–H groups in total. The molecule has 0 bridgehead atoms. The lowest BCUT2D eigenvalue weighted by Crippen LogP contribution is -2.45. The molecule has 1 aliphatic rings. The van der Waals surface area contributed by atoms with Crippen LogP contribution in [0.15, 0.2) is 59.1 Å². The first-order valence-corrected chi connectivity index (χ1v) is 11.5. The highest BCUT2D eigenvalue weighted by Crippen LogP contribution is 2.30. The highest BCUT2D eigenvalue weighted by Gasteiger charge is 2.31. The molecule has 4 rings (SSSR count). The van der Waals surface area contributed by atoms with E-state index in [2.05, 4.69) is 9.88 Å². The molecular weight excluding hydrogens is 462 g/mol. The van der Waals surface area contributed by atoms with Gasteiger partial charge in [-0.15, -0.1) is 0 Å². The number of carbonyl (C=O) groups is 1. The molecule has 1 amide bonds. The highest BCUT2D eigenvalue weighted by atomic mass is 19.4. The molecule has 0 unspecified atom stereocenters. The number of hydrogen-bond acceptors (Lipinski definition) is 4. The van der Waals surface area contributed by atoms with Crippen LogP contribution in [-0.4, -0.2) is 46.9 Å². The van der Waals surface area contributed by atoms with E-state index in [1.807, 2.05) is 11.9 Å². The van der Waals surface area contributed by atoms with Gasteiger partial charge < -0.3 is 9.32 Å². The van der Waals surface area contributed by atoms with Gasteiger partial charge in [-0.1, -0.05) is 18.2 Å². The molecule has 0 aliphatic carbocycles. The maximum atomic E-state index is 13.1. The summed E-state index contributed by atoms with van der Waals surface area (Å²) in [5, 5.41) is 0. The van der Waals surface area contributed by atoms with Gasteiger partial charge in [0, 0.05) is 44.1 Å². The van der Waals surface area contributed by atoms with Crippen molar-refractivity contribution in [3.63, 3.8) is 0 Å². The van der Waals surface area contributed by atoms with Crippen LogP contribution in [0.5, 0.6) is 0 Å². The van der Waals surface area contributed by atoms with Crippen molar-refractivity contribution in [3.05, 3.63) is 77.6 Å². The Balaban J connectivity index is 1.23. The molecule has 186 valence electrons. The average Bonchev–Trinajstić information content (AvgIpc) is 3.32. The van der Waals surface area contributed by atoms with E-state index in [4.69, 9.17) is 4.42 Å². The Morgan fingerprint density at radius 3 is 2.54 bits per heavy atom. The van der Waals surface area contributed by atoms with Gasteiger partial charge >= 0.3 is 6.18 Å². The molecule has 0 atom stereocenters. The van der Waals surface area contributed by atoms with Crippen molar-refractivity contribution in [2.75, 3.05) is 20.1 Å². The lowest BCUT2D eigenvalue weighted by molar-refractivity contribution is -0.137. The SMILES string of the molecule is CN(Cc1cccc(C(F)(F)F)c1)C1CCN(C(=O)CCc2ncc(-c3ccc(F)cc3)o2)CC1. The molecule has 0 spiro atoms. The van der Waals surface area contributed by atoms with E-state index in [9.17, 15) is 22.4 Å². The van der Waals surface area contributed by atoms with Crippen LogP contribution in [0.1, 0.15) is 36.3 Å². The number of oxazole rings is 1. The van der Waals surface area contributed by atoms with Gasteiger partial charge in [-0.05, 0) is 55.8 Å². The van der Waals surface area contributed by atoms with Crippen LogP contribution >= 0.6 is 0 Å². The summed E-state index contributed by atoms with van der Waals surface area (Å²) in [6, 6.07) is 11.5. The monoisotopic (exact) mass is 489 g/mol. The number of alkyl halides is 3. The van der Waals surface area contributed by atoms with Crippen molar-refractivity contribution in [3.8, 4) is 11.3 Å². The Bertz CT molecular complexity index is 1140. The predicted molar refractivity (Wildman–Crippen MR) is 123 cm³/mol. The summed E-state index contributed by atoms with van der Waals surface area (Å²) < 4.78 is 57.7. The quantitative estimate of drug-likeness (QED) is 0.408. The molecule has 35 heavy (non-hydrogen) atoms. The van der Waals surface area contributed by atoms with E-state index in [-0.39, 0.29) is 24.2 Å². The van der Waals surface area contributed by atoms with E-state index < -0.39 is 11.7 Å². The largest absolute Gasteiger partial charge is 0.441 e. The van der Waals surface area contributed by atoms with Crippen LogP contribution in [0.4, 0.5) is 17.6 Å². The fraction of sp³-hybridized carbons (Fsp3) is 0.385. The average molecular weight is 490 g/mol. The second-order valence-corrected chi connectivity index (χ2v) is 8.85. The van der Waals surface area contributed by atoms with Crippen LogP contribution in [0.2, 0.25) is 0 Å². The molecule has 0 saturated carbocycles. The normalized spacial score (nSPS) is 15.1. The molecule has 2 aromatic carbocycles. The van der Waals surface area contributed by atoms with Crippen molar-refractivity contribution in [2.45, 2.75) is 44.4 Å². The van der Waals surface area contributed by atoms with Crippen LogP contribution in [0.25, 0.3) is 11.3 Å². The number of carbonyl (C=O) groups excluding carboxylic acids is 1.